The van der Waals surface area contributed by atoms with E-state index in [2.05, 4.69) is 24.2 Å². The topological polar surface area (TPSA) is 50.9 Å². The molecule has 2 rings (SSSR count). The molecule has 1 aromatic carbocycles. The summed E-state index contributed by atoms with van der Waals surface area (Å²) in [5.41, 5.74) is 1.68. The highest BCUT2D eigenvalue weighted by atomic mass is 16.3. The summed E-state index contributed by atoms with van der Waals surface area (Å²) in [7, 11) is 0. The molecule has 1 atom stereocenters. The van der Waals surface area contributed by atoms with Crippen molar-refractivity contribution in [2.24, 2.45) is 5.92 Å². The quantitative estimate of drug-likeness (QED) is 0.881. The molecule has 1 heterocycles. The third kappa shape index (κ3) is 2.96. The third-order valence-electron chi connectivity index (χ3n) is 2.94. The lowest BCUT2D eigenvalue weighted by molar-refractivity contribution is 0.152. The van der Waals surface area contributed by atoms with Crippen LogP contribution in [-0.2, 0) is 0 Å². The van der Waals surface area contributed by atoms with Crippen LogP contribution in [0.5, 0.6) is 0 Å². The number of hydrogen-bond donors (Lipinski definition) is 1. The first-order valence-electron chi connectivity index (χ1n) is 6.32. The summed E-state index contributed by atoms with van der Waals surface area (Å²) in [5, 5.41) is 18.1. The molecule has 0 bridgehead atoms. The summed E-state index contributed by atoms with van der Waals surface area (Å²) < 4.78 is 1.70. The van der Waals surface area contributed by atoms with Crippen LogP contribution in [0.4, 0.5) is 0 Å². The summed E-state index contributed by atoms with van der Waals surface area (Å²) in [5.74, 6) is 0.584. The minimum Gasteiger partial charge on any atom is -0.387 e. The Bertz CT molecular complexity index is 479. The van der Waals surface area contributed by atoms with Crippen LogP contribution in [0.1, 0.15) is 38.5 Å². The lowest BCUT2D eigenvalue weighted by Gasteiger charge is -2.13. The first-order valence-corrected chi connectivity index (χ1v) is 6.32. The maximum atomic E-state index is 10.2. The van der Waals surface area contributed by atoms with E-state index in [1.165, 1.54) is 0 Å². The number of para-hydroxylation sites is 1. The van der Waals surface area contributed by atoms with E-state index in [9.17, 15) is 5.11 Å². The van der Waals surface area contributed by atoms with Gasteiger partial charge in [0.15, 0.2) is 0 Å². The fraction of sp³-hybridized carbons (Fsp3) is 0.429. The molecule has 0 aliphatic heterocycles. The first-order chi connectivity index (χ1) is 8.68. The number of aliphatic hydroxyl groups excluding tert-OH is 1. The molecular formula is C14H19N3O. The van der Waals surface area contributed by atoms with Gasteiger partial charge in [-0.25, -0.2) is 4.68 Å². The summed E-state index contributed by atoms with van der Waals surface area (Å²) in [6.45, 7) is 4.30. The number of hydrogen-bond acceptors (Lipinski definition) is 3. The van der Waals surface area contributed by atoms with Crippen molar-refractivity contribution in [3.05, 3.63) is 42.2 Å². The van der Waals surface area contributed by atoms with E-state index < -0.39 is 6.10 Å². The monoisotopic (exact) mass is 245 g/mol. The molecule has 1 aromatic heterocycles. The van der Waals surface area contributed by atoms with E-state index in [0.29, 0.717) is 5.92 Å². The molecule has 96 valence electrons. The average Bonchev–Trinajstić information content (AvgIpc) is 2.86. The van der Waals surface area contributed by atoms with Crippen molar-refractivity contribution in [2.75, 3.05) is 0 Å². The predicted octanol–water partition coefficient (Wildman–Crippen LogP) is 2.74. The van der Waals surface area contributed by atoms with E-state index in [1.54, 1.807) is 10.9 Å². The molecule has 0 spiro atoms. The van der Waals surface area contributed by atoms with Crippen molar-refractivity contribution < 1.29 is 5.11 Å². The minimum atomic E-state index is -0.511. The van der Waals surface area contributed by atoms with Crippen LogP contribution < -0.4 is 0 Å². The lowest BCUT2D eigenvalue weighted by Crippen LogP contribution is -2.08. The van der Waals surface area contributed by atoms with Crippen LogP contribution in [0.15, 0.2) is 36.5 Å². The predicted molar refractivity (Wildman–Crippen MR) is 70.4 cm³/mol. The maximum Gasteiger partial charge on any atom is 0.0977 e. The Labute approximate surface area is 107 Å². The Morgan fingerprint density at radius 1 is 1.17 bits per heavy atom. The van der Waals surface area contributed by atoms with Crippen molar-refractivity contribution in [1.82, 2.24) is 15.0 Å². The van der Waals surface area contributed by atoms with E-state index in [1.807, 2.05) is 30.3 Å². The molecule has 0 aliphatic rings. The molecule has 0 radical (unpaired) electrons. The second-order valence-corrected chi connectivity index (χ2v) is 4.89. The van der Waals surface area contributed by atoms with Gasteiger partial charge in [0.1, 0.15) is 0 Å². The number of aliphatic hydroxyl groups is 1. The average molecular weight is 245 g/mol. The summed E-state index contributed by atoms with van der Waals surface area (Å²) in [4.78, 5) is 0. The van der Waals surface area contributed by atoms with Crippen molar-refractivity contribution in [3.8, 4) is 5.69 Å². The molecule has 1 unspecified atom stereocenters. The van der Waals surface area contributed by atoms with Crippen molar-refractivity contribution in [1.29, 1.82) is 0 Å². The number of aromatic nitrogens is 3. The fourth-order valence-corrected chi connectivity index (χ4v) is 1.88. The zero-order valence-electron chi connectivity index (χ0n) is 10.8. The van der Waals surface area contributed by atoms with Gasteiger partial charge in [-0.1, -0.05) is 37.3 Å². The molecular weight excluding hydrogens is 226 g/mol. The molecule has 0 fully saturated rings. The normalized spacial score (nSPS) is 12.9. The third-order valence-corrected chi connectivity index (χ3v) is 2.94. The molecule has 2 aromatic rings. The SMILES string of the molecule is CC(C)CCC(O)c1cnnn1-c1ccccc1. The van der Waals surface area contributed by atoms with Crippen LogP contribution in [0.25, 0.3) is 5.69 Å². The Balaban J connectivity index is 2.17. The van der Waals surface area contributed by atoms with Crippen molar-refractivity contribution in [2.45, 2.75) is 32.8 Å². The highest BCUT2D eigenvalue weighted by Gasteiger charge is 2.15. The molecule has 0 saturated heterocycles. The van der Waals surface area contributed by atoms with Gasteiger partial charge >= 0.3 is 0 Å². The van der Waals surface area contributed by atoms with E-state index >= 15 is 0 Å². The second kappa shape index (κ2) is 5.78. The van der Waals surface area contributed by atoms with Crippen molar-refractivity contribution >= 4 is 0 Å². The summed E-state index contributed by atoms with van der Waals surface area (Å²) in [6.07, 6.45) is 2.85. The molecule has 0 aliphatic carbocycles. The minimum absolute atomic E-state index is 0.511. The Kier molecular flexibility index (Phi) is 4.10. The molecule has 1 N–H and O–H groups in total. The van der Waals surface area contributed by atoms with E-state index in [0.717, 1.165) is 24.2 Å². The highest BCUT2D eigenvalue weighted by Crippen LogP contribution is 2.22. The standard InChI is InChI=1S/C14H19N3O/c1-11(2)8-9-14(18)13-10-15-16-17(13)12-6-4-3-5-7-12/h3-7,10-11,14,18H,8-9H2,1-2H3. The van der Waals surface area contributed by atoms with Gasteiger partial charge in [-0.2, -0.15) is 0 Å². The first kappa shape index (κ1) is 12.8. The summed E-state index contributed by atoms with van der Waals surface area (Å²) >= 11 is 0. The number of rotatable bonds is 5. The van der Waals surface area contributed by atoms with Gasteiger partial charge in [-0.05, 0) is 30.9 Å². The van der Waals surface area contributed by atoms with Crippen molar-refractivity contribution in [3.63, 3.8) is 0 Å². The summed E-state index contributed by atoms with van der Waals surface area (Å²) in [6, 6.07) is 9.75. The molecule has 0 saturated carbocycles. The molecule has 4 nitrogen and oxygen atoms in total. The Morgan fingerprint density at radius 3 is 2.56 bits per heavy atom. The number of benzene rings is 1. The van der Waals surface area contributed by atoms with Crippen LogP contribution >= 0.6 is 0 Å². The van der Waals surface area contributed by atoms with Gasteiger partial charge in [-0.15, -0.1) is 5.10 Å². The Morgan fingerprint density at radius 2 is 1.89 bits per heavy atom. The van der Waals surface area contributed by atoms with Gasteiger partial charge in [0.25, 0.3) is 0 Å². The zero-order chi connectivity index (χ0) is 13.0. The van der Waals surface area contributed by atoms with Crippen LogP contribution in [0, 0.1) is 5.92 Å². The number of nitrogens with zero attached hydrogens (tertiary/aromatic N) is 3. The van der Waals surface area contributed by atoms with Gasteiger partial charge in [-0.3, -0.25) is 0 Å². The highest BCUT2D eigenvalue weighted by molar-refractivity contribution is 5.31. The van der Waals surface area contributed by atoms with E-state index in [-0.39, 0.29) is 0 Å². The zero-order valence-corrected chi connectivity index (χ0v) is 10.8. The molecule has 0 amide bonds. The van der Waals surface area contributed by atoms with Gasteiger partial charge < -0.3 is 5.11 Å². The Hall–Kier alpha value is -1.68. The largest absolute Gasteiger partial charge is 0.387 e. The fourth-order valence-electron chi connectivity index (χ4n) is 1.88. The van der Waals surface area contributed by atoms with E-state index in [4.69, 9.17) is 0 Å². The smallest absolute Gasteiger partial charge is 0.0977 e. The molecule has 4 heteroatoms. The van der Waals surface area contributed by atoms with Crippen LogP contribution in [0.3, 0.4) is 0 Å². The van der Waals surface area contributed by atoms with Crippen LogP contribution in [0.2, 0.25) is 0 Å². The van der Waals surface area contributed by atoms with Gasteiger partial charge in [0.2, 0.25) is 0 Å². The molecule has 18 heavy (non-hydrogen) atoms. The second-order valence-electron chi connectivity index (χ2n) is 4.89. The lowest BCUT2D eigenvalue weighted by atomic mass is 10.0. The van der Waals surface area contributed by atoms with Gasteiger partial charge in [0.05, 0.1) is 23.7 Å². The van der Waals surface area contributed by atoms with Crippen LogP contribution in [-0.4, -0.2) is 20.1 Å². The van der Waals surface area contributed by atoms with Gasteiger partial charge in [0, 0.05) is 0 Å². The maximum absolute atomic E-state index is 10.2.